The molecule has 3 rings (SSSR count). The van der Waals surface area contributed by atoms with Crippen molar-refractivity contribution >= 4 is 28.4 Å². The van der Waals surface area contributed by atoms with Crippen LogP contribution in [-0.4, -0.2) is 26.0 Å². The molecular weight excluding hydrogens is 280 g/mol. The Hall–Kier alpha value is -3.02. The molecule has 6 heteroatoms. The van der Waals surface area contributed by atoms with Crippen molar-refractivity contribution in [3.05, 3.63) is 53.6 Å². The SMILES string of the molecule is Cc1c(Nc2cc3ccccc3c(C)n2)ncnc1C(=O)O. The Labute approximate surface area is 126 Å². The second kappa shape index (κ2) is 5.40. The lowest BCUT2D eigenvalue weighted by atomic mass is 10.1. The fourth-order valence-corrected chi connectivity index (χ4v) is 2.35. The van der Waals surface area contributed by atoms with Gasteiger partial charge in [-0.3, -0.25) is 0 Å². The zero-order valence-corrected chi connectivity index (χ0v) is 12.2. The van der Waals surface area contributed by atoms with E-state index in [2.05, 4.69) is 20.3 Å². The van der Waals surface area contributed by atoms with E-state index in [9.17, 15) is 4.79 Å². The third-order valence-corrected chi connectivity index (χ3v) is 3.46. The van der Waals surface area contributed by atoms with Gasteiger partial charge in [-0.2, -0.15) is 0 Å². The Morgan fingerprint density at radius 2 is 1.95 bits per heavy atom. The summed E-state index contributed by atoms with van der Waals surface area (Å²) in [7, 11) is 0. The standard InChI is InChI=1S/C16H14N4O2/c1-9-14(16(21)22)17-8-18-15(9)20-13-7-11-5-3-4-6-12(11)10(2)19-13/h3-8H,1-2H3,(H,21,22)(H,17,18,19,20). The van der Waals surface area contributed by atoms with E-state index in [-0.39, 0.29) is 5.69 Å². The van der Waals surface area contributed by atoms with E-state index in [0.29, 0.717) is 17.2 Å². The average Bonchev–Trinajstić information content (AvgIpc) is 2.49. The van der Waals surface area contributed by atoms with Gasteiger partial charge in [0.1, 0.15) is 18.0 Å². The van der Waals surface area contributed by atoms with Crippen LogP contribution in [0.1, 0.15) is 21.7 Å². The molecule has 22 heavy (non-hydrogen) atoms. The number of aromatic nitrogens is 3. The number of anilines is 2. The van der Waals surface area contributed by atoms with Crippen LogP contribution in [0.4, 0.5) is 11.6 Å². The van der Waals surface area contributed by atoms with Gasteiger partial charge in [-0.05, 0) is 25.3 Å². The predicted molar refractivity (Wildman–Crippen MR) is 83.5 cm³/mol. The van der Waals surface area contributed by atoms with Crippen molar-refractivity contribution in [2.75, 3.05) is 5.32 Å². The van der Waals surface area contributed by atoms with Gasteiger partial charge in [-0.15, -0.1) is 0 Å². The summed E-state index contributed by atoms with van der Waals surface area (Å²) in [5.41, 5.74) is 1.35. The van der Waals surface area contributed by atoms with Crippen LogP contribution in [0.5, 0.6) is 0 Å². The maximum atomic E-state index is 11.1. The van der Waals surface area contributed by atoms with Crippen molar-refractivity contribution in [1.82, 2.24) is 15.0 Å². The number of carbonyl (C=O) groups is 1. The molecule has 0 atom stereocenters. The van der Waals surface area contributed by atoms with Crippen LogP contribution >= 0.6 is 0 Å². The lowest BCUT2D eigenvalue weighted by Crippen LogP contribution is -2.08. The molecular formula is C16H14N4O2. The molecule has 3 aromatic rings. The normalized spacial score (nSPS) is 10.6. The number of nitrogens with one attached hydrogen (secondary N) is 1. The molecule has 0 radical (unpaired) electrons. The minimum atomic E-state index is -1.08. The molecule has 2 heterocycles. The lowest BCUT2D eigenvalue weighted by Gasteiger charge is -2.11. The number of pyridine rings is 1. The van der Waals surface area contributed by atoms with Gasteiger partial charge < -0.3 is 10.4 Å². The van der Waals surface area contributed by atoms with Crippen LogP contribution in [-0.2, 0) is 0 Å². The van der Waals surface area contributed by atoms with Crippen LogP contribution in [0.25, 0.3) is 10.8 Å². The summed E-state index contributed by atoms with van der Waals surface area (Å²) in [4.78, 5) is 23.5. The molecule has 0 aliphatic rings. The molecule has 0 spiro atoms. The third-order valence-electron chi connectivity index (χ3n) is 3.46. The van der Waals surface area contributed by atoms with Crippen LogP contribution in [0.2, 0.25) is 0 Å². The molecule has 0 saturated heterocycles. The number of benzene rings is 1. The number of carboxylic acid groups (broad SMARTS) is 1. The van der Waals surface area contributed by atoms with Gasteiger partial charge in [0.25, 0.3) is 0 Å². The molecule has 2 aromatic heterocycles. The summed E-state index contributed by atoms with van der Waals surface area (Å²) in [5, 5.41) is 14.3. The zero-order chi connectivity index (χ0) is 15.7. The first-order valence-electron chi connectivity index (χ1n) is 6.74. The Balaban J connectivity index is 2.04. The number of aromatic carboxylic acids is 1. The van der Waals surface area contributed by atoms with Crippen LogP contribution in [0.3, 0.4) is 0 Å². The summed E-state index contributed by atoms with van der Waals surface area (Å²) in [5.74, 6) is -0.0190. The molecule has 0 bridgehead atoms. The maximum Gasteiger partial charge on any atom is 0.354 e. The van der Waals surface area contributed by atoms with Crippen molar-refractivity contribution in [2.45, 2.75) is 13.8 Å². The monoisotopic (exact) mass is 294 g/mol. The first-order valence-corrected chi connectivity index (χ1v) is 6.74. The summed E-state index contributed by atoms with van der Waals surface area (Å²) < 4.78 is 0. The Morgan fingerprint density at radius 1 is 1.18 bits per heavy atom. The number of aryl methyl sites for hydroxylation is 1. The molecule has 0 fully saturated rings. The number of carboxylic acids is 1. The molecule has 0 aliphatic carbocycles. The quantitative estimate of drug-likeness (QED) is 0.771. The average molecular weight is 294 g/mol. The van der Waals surface area contributed by atoms with E-state index in [4.69, 9.17) is 5.11 Å². The topological polar surface area (TPSA) is 88.0 Å². The summed E-state index contributed by atoms with van der Waals surface area (Å²) in [6.45, 7) is 3.60. The van der Waals surface area contributed by atoms with E-state index in [1.807, 2.05) is 37.3 Å². The predicted octanol–water partition coefficient (Wildman–Crippen LogP) is 3.08. The fraction of sp³-hybridized carbons (Fsp3) is 0.125. The van der Waals surface area contributed by atoms with Crippen LogP contribution in [0, 0.1) is 13.8 Å². The zero-order valence-electron chi connectivity index (χ0n) is 12.2. The van der Waals surface area contributed by atoms with E-state index in [1.54, 1.807) is 6.92 Å². The molecule has 1 aromatic carbocycles. The lowest BCUT2D eigenvalue weighted by molar-refractivity contribution is 0.0689. The largest absolute Gasteiger partial charge is 0.476 e. The van der Waals surface area contributed by atoms with Gasteiger partial charge in [-0.1, -0.05) is 24.3 Å². The second-order valence-corrected chi connectivity index (χ2v) is 4.94. The summed E-state index contributed by atoms with van der Waals surface area (Å²) in [6, 6.07) is 9.86. The Kier molecular flexibility index (Phi) is 3.42. The molecule has 0 amide bonds. The Morgan fingerprint density at radius 3 is 2.73 bits per heavy atom. The molecule has 2 N–H and O–H groups in total. The highest BCUT2D eigenvalue weighted by Gasteiger charge is 2.13. The smallest absolute Gasteiger partial charge is 0.354 e. The fourth-order valence-electron chi connectivity index (χ4n) is 2.35. The van der Waals surface area contributed by atoms with Crippen LogP contribution in [0.15, 0.2) is 36.7 Å². The van der Waals surface area contributed by atoms with Crippen molar-refractivity contribution in [1.29, 1.82) is 0 Å². The molecule has 0 unspecified atom stereocenters. The summed E-state index contributed by atoms with van der Waals surface area (Å²) >= 11 is 0. The van der Waals surface area contributed by atoms with Gasteiger partial charge >= 0.3 is 5.97 Å². The number of hydrogen-bond acceptors (Lipinski definition) is 5. The number of nitrogens with zero attached hydrogens (tertiary/aromatic N) is 3. The van der Waals surface area contributed by atoms with E-state index >= 15 is 0 Å². The number of rotatable bonds is 3. The van der Waals surface area contributed by atoms with Gasteiger partial charge in [0.2, 0.25) is 0 Å². The van der Waals surface area contributed by atoms with Crippen molar-refractivity contribution < 1.29 is 9.90 Å². The minimum absolute atomic E-state index is 0.0185. The van der Waals surface area contributed by atoms with Gasteiger partial charge in [0.05, 0.1) is 0 Å². The van der Waals surface area contributed by atoms with E-state index in [1.165, 1.54) is 6.33 Å². The van der Waals surface area contributed by atoms with Crippen molar-refractivity contribution in [2.24, 2.45) is 0 Å². The third kappa shape index (κ3) is 2.46. The molecule has 6 nitrogen and oxygen atoms in total. The summed E-state index contributed by atoms with van der Waals surface area (Å²) in [6.07, 6.45) is 1.23. The maximum absolute atomic E-state index is 11.1. The minimum Gasteiger partial charge on any atom is -0.476 e. The highest BCUT2D eigenvalue weighted by molar-refractivity contribution is 5.89. The number of fused-ring (bicyclic) bond motifs is 1. The van der Waals surface area contributed by atoms with Crippen LogP contribution < -0.4 is 5.32 Å². The van der Waals surface area contributed by atoms with Gasteiger partial charge in [-0.25, -0.2) is 19.7 Å². The highest BCUT2D eigenvalue weighted by atomic mass is 16.4. The van der Waals surface area contributed by atoms with Gasteiger partial charge in [0, 0.05) is 16.6 Å². The molecule has 0 saturated carbocycles. The van der Waals surface area contributed by atoms with E-state index in [0.717, 1.165) is 16.5 Å². The highest BCUT2D eigenvalue weighted by Crippen LogP contribution is 2.23. The van der Waals surface area contributed by atoms with E-state index < -0.39 is 5.97 Å². The first-order chi connectivity index (χ1) is 10.6. The molecule has 0 aliphatic heterocycles. The second-order valence-electron chi connectivity index (χ2n) is 4.94. The Bertz CT molecular complexity index is 877. The van der Waals surface area contributed by atoms with Crippen molar-refractivity contribution in [3.8, 4) is 0 Å². The van der Waals surface area contributed by atoms with Gasteiger partial charge in [0.15, 0.2) is 5.69 Å². The number of hydrogen-bond donors (Lipinski definition) is 2. The first kappa shape index (κ1) is 13.9. The van der Waals surface area contributed by atoms with Crippen molar-refractivity contribution in [3.63, 3.8) is 0 Å². The molecule has 110 valence electrons.